The van der Waals surface area contributed by atoms with Gasteiger partial charge in [0.15, 0.2) is 6.10 Å². The van der Waals surface area contributed by atoms with Crippen LogP contribution in [0.3, 0.4) is 0 Å². The molecule has 24 heavy (non-hydrogen) atoms. The summed E-state index contributed by atoms with van der Waals surface area (Å²) in [5.74, 6) is -1.15. The van der Waals surface area contributed by atoms with Gasteiger partial charge in [0.1, 0.15) is 6.54 Å². The molecule has 1 amide bonds. The first kappa shape index (κ1) is 17.7. The lowest BCUT2D eigenvalue weighted by Gasteiger charge is -2.15. The van der Waals surface area contributed by atoms with Gasteiger partial charge in [0.2, 0.25) is 0 Å². The summed E-state index contributed by atoms with van der Waals surface area (Å²) in [7, 11) is 0. The third-order valence-corrected chi connectivity index (χ3v) is 3.81. The van der Waals surface area contributed by atoms with E-state index in [9.17, 15) is 14.4 Å². The molecule has 2 aromatic rings. The van der Waals surface area contributed by atoms with E-state index >= 15 is 0 Å². The molecule has 1 N–H and O–H groups in total. The van der Waals surface area contributed by atoms with Gasteiger partial charge in [-0.3, -0.25) is 14.4 Å². The number of halogens is 1. The van der Waals surface area contributed by atoms with Gasteiger partial charge in [-0.1, -0.05) is 23.7 Å². The summed E-state index contributed by atoms with van der Waals surface area (Å²) in [6, 6.07) is 9.68. The van der Waals surface area contributed by atoms with E-state index in [1.165, 1.54) is 23.8 Å². The number of carbonyl (C=O) groups excluding carboxylic acids is 2. The number of nitrogens with one attached hydrogen (secondary N) is 1. The predicted octanol–water partition coefficient (Wildman–Crippen LogP) is 2.38. The summed E-state index contributed by atoms with van der Waals surface area (Å²) in [6.45, 7) is 2.98. The Hall–Kier alpha value is -2.60. The molecule has 0 saturated carbocycles. The minimum Gasteiger partial charge on any atom is -0.451 e. The Morgan fingerprint density at radius 2 is 2.00 bits per heavy atom. The van der Waals surface area contributed by atoms with E-state index in [0.717, 1.165) is 5.56 Å². The molecular weight excluding hydrogens is 332 g/mol. The lowest BCUT2D eigenvalue weighted by Crippen LogP contribution is -2.32. The first-order chi connectivity index (χ1) is 11.4. The van der Waals surface area contributed by atoms with Crippen molar-refractivity contribution in [3.63, 3.8) is 0 Å². The summed E-state index contributed by atoms with van der Waals surface area (Å²) in [6.07, 6.45) is 0.471. The van der Waals surface area contributed by atoms with Crippen LogP contribution in [0.25, 0.3) is 0 Å². The molecule has 2 rings (SSSR count). The number of esters is 1. The standard InChI is InChI=1S/C17H17ClN2O4/c1-11-13(18)6-5-7-14(11)19-17(23)12(2)24-16(22)10-20-9-4-3-8-15(20)21/h3-9,12H,10H2,1-2H3,(H,19,23)/t12-/m0/s1. The second-order valence-corrected chi connectivity index (χ2v) is 5.61. The van der Waals surface area contributed by atoms with Crippen molar-refractivity contribution in [1.82, 2.24) is 4.57 Å². The van der Waals surface area contributed by atoms with Crippen LogP contribution < -0.4 is 10.9 Å². The van der Waals surface area contributed by atoms with Crippen molar-refractivity contribution < 1.29 is 14.3 Å². The van der Waals surface area contributed by atoms with Crippen molar-refractivity contribution in [2.75, 3.05) is 5.32 Å². The molecule has 1 aromatic carbocycles. The zero-order valence-corrected chi connectivity index (χ0v) is 14.0. The molecule has 0 saturated heterocycles. The summed E-state index contributed by atoms with van der Waals surface area (Å²) in [4.78, 5) is 35.5. The highest BCUT2D eigenvalue weighted by Gasteiger charge is 2.19. The average Bonchev–Trinajstić information content (AvgIpc) is 2.54. The van der Waals surface area contributed by atoms with Crippen LogP contribution in [-0.2, 0) is 20.9 Å². The Morgan fingerprint density at radius 1 is 1.25 bits per heavy atom. The highest BCUT2D eigenvalue weighted by molar-refractivity contribution is 6.31. The molecule has 0 aliphatic rings. The molecule has 1 atom stereocenters. The van der Waals surface area contributed by atoms with Gasteiger partial charge in [-0.15, -0.1) is 0 Å². The third-order valence-electron chi connectivity index (χ3n) is 3.40. The lowest BCUT2D eigenvalue weighted by molar-refractivity contribution is -0.153. The van der Waals surface area contributed by atoms with E-state index in [1.807, 2.05) is 0 Å². The van der Waals surface area contributed by atoms with Gasteiger partial charge in [-0.2, -0.15) is 0 Å². The van der Waals surface area contributed by atoms with Crippen LogP contribution in [0.15, 0.2) is 47.4 Å². The number of pyridine rings is 1. The highest BCUT2D eigenvalue weighted by Crippen LogP contribution is 2.23. The molecule has 7 heteroatoms. The number of hydrogen-bond acceptors (Lipinski definition) is 4. The summed E-state index contributed by atoms with van der Waals surface area (Å²) in [5, 5.41) is 3.19. The summed E-state index contributed by atoms with van der Waals surface area (Å²) in [5.41, 5.74) is 0.956. The number of amides is 1. The van der Waals surface area contributed by atoms with E-state index in [0.29, 0.717) is 10.7 Å². The van der Waals surface area contributed by atoms with Crippen LogP contribution in [0.2, 0.25) is 5.02 Å². The van der Waals surface area contributed by atoms with E-state index in [4.69, 9.17) is 16.3 Å². The van der Waals surface area contributed by atoms with Gasteiger partial charge in [-0.05, 0) is 37.6 Å². The van der Waals surface area contributed by atoms with E-state index in [2.05, 4.69) is 5.32 Å². The Balaban J connectivity index is 1.96. The van der Waals surface area contributed by atoms with E-state index in [-0.39, 0.29) is 12.1 Å². The number of benzene rings is 1. The van der Waals surface area contributed by atoms with Gasteiger partial charge in [0.05, 0.1) is 0 Å². The van der Waals surface area contributed by atoms with Crippen LogP contribution in [0, 0.1) is 6.92 Å². The van der Waals surface area contributed by atoms with Gasteiger partial charge in [-0.25, -0.2) is 0 Å². The zero-order valence-electron chi connectivity index (χ0n) is 13.3. The van der Waals surface area contributed by atoms with Crippen molar-refractivity contribution >= 4 is 29.2 Å². The summed E-state index contributed by atoms with van der Waals surface area (Å²) < 4.78 is 6.27. The minimum atomic E-state index is -1.00. The number of aromatic nitrogens is 1. The fourth-order valence-corrected chi connectivity index (χ4v) is 2.17. The van der Waals surface area contributed by atoms with Crippen molar-refractivity contribution in [3.8, 4) is 0 Å². The highest BCUT2D eigenvalue weighted by atomic mass is 35.5. The van der Waals surface area contributed by atoms with Crippen molar-refractivity contribution in [2.45, 2.75) is 26.5 Å². The fourth-order valence-electron chi connectivity index (χ4n) is 2.00. The second kappa shape index (κ2) is 7.79. The largest absolute Gasteiger partial charge is 0.451 e. The number of carbonyl (C=O) groups is 2. The van der Waals surface area contributed by atoms with Gasteiger partial charge >= 0.3 is 5.97 Å². The molecule has 1 aromatic heterocycles. The fraction of sp³-hybridized carbons (Fsp3) is 0.235. The Kier molecular flexibility index (Phi) is 5.76. The summed E-state index contributed by atoms with van der Waals surface area (Å²) >= 11 is 6.00. The van der Waals surface area contributed by atoms with E-state index < -0.39 is 18.0 Å². The topological polar surface area (TPSA) is 77.4 Å². The monoisotopic (exact) mass is 348 g/mol. The SMILES string of the molecule is Cc1c(Cl)cccc1NC(=O)[C@H](C)OC(=O)Cn1ccccc1=O. The maximum atomic E-state index is 12.1. The van der Waals surface area contributed by atoms with Crippen LogP contribution in [-0.4, -0.2) is 22.5 Å². The number of nitrogens with zero attached hydrogens (tertiary/aromatic N) is 1. The Bertz CT molecular complexity index is 816. The van der Waals surface area contributed by atoms with Crippen molar-refractivity contribution in [3.05, 3.63) is 63.5 Å². The van der Waals surface area contributed by atoms with Gasteiger partial charge in [0, 0.05) is 23.0 Å². The predicted molar refractivity (Wildman–Crippen MR) is 91.1 cm³/mol. The van der Waals surface area contributed by atoms with Crippen LogP contribution >= 0.6 is 11.6 Å². The van der Waals surface area contributed by atoms with Crippen LogP contribution in [0.4, 0.5) is 5.69 Å². The molecule has 0 fully saturated rings. The normalized spacial score (nSPS) is 11.6. The van der Waals surface area contributed by atoms with Crippen LogP contribution in [0.5, 0.6) is 0 Å². The molecule has 6 nitrogen and oxygen atoms in total. The number of hydrogen-bond donors (Lipinski definition) is 1. The molecule has 0 unspecified atom stereocenters. The molecule has 0 bridgehead atoms. The molecule has 126 valence electrons. The van der Waals surface area contributed by atoms with Crippen LogP contribution in [0.1, 0.15) is 12.5 Å². The molecule has 0 aliphatic carbocycles. The Labute approximate surface area is 144 Å². The van der Waals surface area contributed by atoms with Crippen molar-refractivity contribution in [2.24, 2.45) is 0 Å². The first-order valence-corrected chi connectivity index (χ1v) is 7.67. The lowest BCUT2D eigenvalue weighted by atomic mass is 10.2. The number of rotatable bonds is 5. The van der Waals surface area contributed by atoms with Crippen molar-refractivity contribution in [1.29, 1.82) is 0 Å². The maximum Gasteiger partial charge on any atom is 0.326 e. The molecular formula is C17H17ClN2O4. The molecule has 0 aliphatic heterocycles. The second-order valence-electron chi connectivity index (χ2n) is 5.20. The maximum absolute atomic E-state index is 12.1. The molecule has 0 spiro atoms. The molecule has 1 heterocycles. The quantitative estimate of drug-likeness (QED) is 0.841. The zero-order chi connectivity index (χ0) is 17.7. The average molecular weight is 349 g/mol. The minimum absolute atomic E-state index is 0.256. The van der Waals surface area contributed by atoms with E-state index in [1.54, 1.807) is 37.3 Å². The molecule has 0 radical (unpaired) electrons. The number of ether oxygens (including phenoxy) is 1. The Morgan fingerprint density at radius 3 is 2.71 bits per heavy atom. The third kappa shape index (κ3) is 4.45. The van der Waals surface area contributed by atoms with Gasteiger partial charge < -0.3 is 14.6 Å². The first-order valence-electron chi connectivity index (χ1n) is 7.29. The van der Waals surface area contributed by atoms with Gasteiger partial charge in [0.25, 0.3) is 11.5 Å². The smallest absolute Gasteiger partial charge is 0.326 e. The number of anilines is 1.